The lowest BCUT2D eigenvalue weighted by Crippen LogP contribution is -2.27. The first kappa shape index (κ1) is 21.5. The van der Waals surface area contributed by atoms with Gasteiger partial charge in [-0.3, -0.25) is 4.79 Å². The number of hydrogen-bond donors (Lipinski definition) is 2. The van der Waals surface area contributed by atoms with E-state index in [1.165, 1.54) is 19.1 Å². The Morgan fingerprint density at radius 2 is 1.83 bits per heavy atom. The SMILES string of the molecule is C/C(=N\C(=O)c1ccc2c(Oc3ccc(C(F)(F)F)cc3)cccc2c1)[C@@H](O)CN. The van der Waals surface area contributed by atoms with E-state index in [0.29, 0.717) is 22.1 Å². The maximum absolute atomic E-state index is 12.7. The van der Waals surface area contributed by atoms with E-state index in [9.17, 15) is 23.1 Å². The molecular formula is C22H19F3N2O3. The van der Waals surface area contributed by atoms with Crippen LogP contribution in [-0.2, 0) is 6.18 Å². The van der Waals surface area contributed by atoms with Gasteiger partial charge in [0.1, 0.15) is 17.6 Å². The fraction of sp³-hybridized carbons (Fsp3) is 0.182. The third-order valence-electron chi connectivity index (χ3n) is 4.48. The van der Waals surface area contributed by atoms with Crippen molar-refractivity contribution >= 4 is 22.4 Å². The average molecular weight is 416 g/mol. The maximum Gasteiger partial charge on any atom is 0.416 e. The molecule has 156 valence electrons. The third-order valence-corrected chi connectivity index (χ3v) is 4.48. The van der Waals surface area contributed by atoms with Crippen LogP contribution in [0.15, 0.2) is 65.7 Å². The van der Waals surface area contributed by atoms with E-state index in [0.717, 1.165) is 12.1 Å². The predicted molar refractivity (Wildman–Crippen MR) is 108 cm³/mol. The minimum absolute atomic E-state index is 0.0367. The Morgan fingerprint density at radius 3 is 2.47 bits per heavy atom. The molecule has 3 aromatic carbocycles. The van der Waals surface area contributed by atoms with Crippen molar-refractivity contribution in [2.45, 2.75) is 19.2 Å². The highest BCUT2D eigenvalue weighted by Gasteiger charge is 2.30. The molecule has 5 nitrogen and oxygen atoms in total. The number of ether oxygens (including phenoxy) is 1. The molecule has 3 aromatic rings. The molecule has 3 N–H and O–H groups in total. The summed E-state index contributed by atoms with van der Waals surface area (Å²) in [5, 5.41) is 11.0. The molecule has 0 radical (unpaired) electrons. The number of nitrogens with two attached hydrogens (primary N) is 1. The van der Waals surface area contributed by atoms with Gasteiger partial charge in [-0.2, -0.15) is 13.2 Å². The Hall–Kier alpha value is -3.23. The highest BCUT2D eigenvalue weighted by molar-refractivity contribution is 6.06. The fourth-order valence-corrected chi connectivity index (χ4v) is 2.78. The van der Waals surface area contributed by atoms with Gasteiger partial charge in [0.2, 0.25) is 0 Å². The van der Waals surface area contributed by atoms with E-state index < -0.39 is 23.8 Å². The van der Waals surface area contributed by atoms with E-state index in [-0.39, 0.29) is 18.0 Å². The number of amides is 1. The maximum atomic E-state index is 12.7. The standard InChI is InChI=1S/C22H19F3N2O3/c1-13(19(28)12-26)27-21(29)15-5-10-18-14(11-15)3-2-4-20(18)30-17-8-6-16(7-9-17)22(23,24)25/h2-11,19,28H,12,26H2,1H3/b27-13+/t19-/m0/s1. The predicted octanol–water partition coefficient (Wildman–Crippen LogP) is 4.57. The molecule has 0 spiro atoms. The Kier molecular flexibility index (Phi) is 6.19. The van der Waals surface area contributed by atoms with Gasteiger partial charge in [0.25, 0.3) is 5.91 Å². The number of rotatable bonds is 5. The van der Waals surface area contributed by atoms with Crippen molar-refractivity contribution in [2.24, 2.45) is 10.7 Å². The van der Waals surface area contributed by atoms with Gasteiger partial charge in [-0.25, -0.2) is 4.99 Å². The van der Waals surface area contributed by atoms with Crippen molar-refractivity contribution in [1.82, 2.24) is 0 Å². The van der Waals surface area contributed by atoms with E-state index in [1.807, 2.05) is 0 Å². The Bertz CT molecular complexity index is 1090. The average Bonchev–Trinajstić information content (AvgIpc) is 2.72. The van der Waals surface area contributed by atoms with Gasteiger partial charge < -0.3 is 15.6 Å². The number of hydrogen-bond acceptors (Lipinski definition) is 4. The van der Waals surface area contributed by atoms with Gasteiger partial charge in [-0.1, -0.05) is 12.1 Å². The minimum Gasteiger partial charge on any atom is -0.457 e. The normalized spacial score (nSPS) is 13.3. The molecule has 0 bridgehead atoms. The molecule has 0 aromatic heterocycles. The summed E-state index contributed by atoms with van der Waals surface area (Å²) in [5.74, 6) is 0.173. The number of alkyl halides is 3. The molecule has 0 heterocycles. The second kappa shape index (κ2) is 8.64. The Labute approximate surface area is 170 Å². The van der Waals surface area contributed by atoms with Crippen molar-refractivity contribution in [2.75, 3.05) is 6.54 Å². The number of aliphatic hydroxyl groups is 1. The summed E-state index contributed by atoms with van der Waals surface area (Å²) in [7, 11) is 0. The van der Waals surface area contributed by atoms with Gasteiger partial charge in [0.15, 0.2) is 0 Å². The van der Waals surface area contributed by atoms with Gasteiger partial charge in [-0.15, -0.1) is 0 Å². The van der Waals surface area contributed by atoms with E-state index in [2.05, 4.69) is 4.99 Å². The Balaban J connectivity index is 1.87. The number of halogens is 3. The quantitative estimate of drug-likeness (QED) is 0.597. The van der Waals surface area contributed by atoms with Crippen LogP contribution >= 0.6 is 0 Å². The summed E-state index contributed by atoms with van der Waals surface area (Å²) in [4.78, 5) is 16.2. The Morgan fingerprint density at radius 1 is 1.13 bits per heavy atom. The number of fused-ring (bicyclic) bond motifs is 1. The largest absolute Gasteiger partial charge is 0.457 e. The second-order valence-corrected chi connectivity index (χ2v) is 6.63. The smallest absolute Gasteiger partial charge is 0.416 e. The first-order chi connectivity index (χ1) is 14.2. The summed E-state index contributed by atoms with van der Waals surface area (Å²) in [6, 6.07) is 14.4. The lowest BCUT2D eigenvalue weighted by atomic mass is 10.1. The highest BCUT2D eigenvalue weighted by atomic mass is 19.4. The van der Waals surface area contributed by atoms with Gasteiger partial charge >= 0.3 is 6.18 Å². The number of carbonyl (C=O) groups excluding carboxylic acids is 1. The molecule has 0 aliphatic rings. The summed E-state index contributed by atoms with van der Waals surface area (Å²) in [5.41, 5.74) is 5.14. The lowest BCUT2D eigenvalue weighted by Gasteiger charge is -2.11. The summed E-state index contributed by atoms with van der Waals surface area (Å²) in [6.45, 7) is 1.48. The summed E-state index contributed by atoms with van der Waals surface area (Å²) >= 11 is 0. The lowest BCUT2D eigenvalue weighted by molar-refractivity contribution is -0.137. The zero-order valence-electron chi connectivity index (χ0n) is 16.0. The van der Waals surface area contributed by atoms with Crippen LogP contribution in [0.4, 0.5) is 13.2 Å². The van der Waals surface area contributed by atoms with E-state index in [4.69, 9.17) is 10.5 Å². The zero-order valence-corrected chi connectivity index (χ0v) is 16.0. The highest BCUT2D eigenvalue weighted by Crippen LogP contribution is 2.33. The number of aliphatic imine (C=N–C) groups is 1. The molecule has 0 unspecified atom stereocenters. The molecule has 3 rings (SSSR count). The van der Waals surface area contributed by atoms with Crippen LogP contribution in [0.25, 0.3) is 10.8 Å². The second-order valence-electron chi connectivity index (χ2n) is 6.63. The first-order valence-electron chi connectivity index (χ1n) is 9.04. The van der Waals surface area contributed by atoms with Crippen molar-refractivity contribution in [3.05, 3.63) is 71.8 Å². The molecule has 30 heavy (non-hydrogen) atoms. The topological polar surface area (TPSA) is 84.9 Å². The molecule has 0 aliphatic carbocycles. The number of benzene rings is 3. The van der Waals surface area contributed by atoms with Crippen LogP contribution in [0.5, 0.6) is 11.5 Å². The van der Waals surface area contributed by atoms with Crippen LogP contribution in [0.3, 0.4) is 0 Å². The third kappa shape index (κ3) is 4.84. The van der Waals surface area contributed by atoms with Crippen LogP contribution in [0.2, 0.25) is 0 Å². The molecule has 0 fully saturated rings. The van der Waals surface area contributed by atoms with Gasteiger partial charge in [-0.05, 0) is 60.8 Å². The minimum atomic E-state index is -4.41. The molecule has 0 saturated carbocycles. The number of nitrogens with zero attached hydrogens (tertiary/aromatic N) is 1. The fourth-order valence-electron chi connectivity index (χ4n) is 2.78. The van der Waals surface area contributed by atoms with Crippen LogP contribution < -0.4 is 10.5 Å². The van der Waals surface area contributed by atoms with Gasteiger partial charge in [0, 0.05) is 23.2 Å². The monoisotopic (exact) mass is 416 g/mol. The summed E-state index contributed by atoms with van der Waals surface area (Å²) in [6.07, 6.45) is -5.40. The van der Waals surface area contributed by atoms with Crippen molar-refractivity contribution in [3.8, 4) is 11.5 Å². The molecule has 1 amide bonds. The van der Waals surface area contributed by atoms with E-state index >= 15 is 0 Å². The van der Waals surface area contributed by atoms with Gasteiger partial charge in [0.05, 0.1) is 5.56 Å². The molecular weight excluding hydrogens is 397 g/mol. The number of carbonyl (C=O) groups is 1. The molecule has 8 heteroatoms. The van der Waals surface area contributed by atoms with Crippen molar-refractivity contribution in [1.29, 1.82) is 0 Å². The zero-order chi connectivity index (χ0) is 21.9. The summed E-state index contributed by atoms with van der Waals surface area (Å²) < 4.78 is 43.9. The van der Waals surface area contributed by atoms with Crippen molar-refractivity contribution < 1.29 is 27.8 Å². The van der Waals surface area contributed by atoms with Crippen molar-refractivity contribution in [3.63, 3.8) is 0 Å². The van der Waals surface area contributed by atoms with Crippen LogP contribution in [0.1, 0.15) is 22.8 Å². The van der Waals surface area contributed by atoms with Crippen LogP contribution in [0, 0.1) is 0 Å². The van der Waals surface area contributed by atoms with E-state index in [1.54, 1.807) is 36.4 Å². The molecule has 1 atom stereocenters. The molecule has 0 saturated heterocycles. The number of aliphatic hydroxyl groups excluding tert-OH is 1. The molecule has 0 aliphatic heterocycles. The van der Waals surface area contributed by atoms with Crippen LogP contribution in [-0.4, -0.2) is 29.4 Å². The first-order valence-corrected chi connectivity index (χ1v) is 9.04.